The Morgan fingerprint density at radius 3 is 2.48 bits per heavy atom. The van der Waals surface area contributed by atoms with Gasteiger partial charge in [-0.15, -0.1) is 0 Å². The molecule has 0 radical (unpaired) electrons. The molecule has 1 heterocycles. The Hall–Kier alpha value is -2.17. The summed E-state index contributed by atoms with van der Waals surface area (Å²) in [6.07, 6.45) is -4.54. The third-order valence-corrected chi connectivity index (χ3v) is 3.50. The van der Waals surface area contributed by atoms with E-state index in [0.29, 0.717) is 18.0 Å². The van der Waals surface area contributed by atoms with Gasteiger partial charge in [-0.25, -0.2) is 0 Å². The van der Waals surface area contributed by atoms with Gasteiger partial charge in [0.15, 0.2) is 0 Å². The fraction of sp³-hybridized carbons (Fsp3) is 0.250. The molecular formula is C16H14F3NO. The Morgan fingerprint density at radius 2 is 1.81 bits per heavy atom. The third-order valence-electron chi connectivity index (χ3n) is 3.50. The van der Waals surface area contributed by atoms with Crippen LogP contribution in [-0.2, 0) is 6.18 Å². The maximum absolute atomic E-state index is 12.7. The predicted molar refractivity (Wildman–Crippen MR) is 74.5 cm³/mol. The maximum atomic E-state index is 12.7. The first kappa shape index (κ1) is 13.8. The van der Waals surface area contributed by atoms with Gasteiger partial charge in [0.2, 0.25) is 0 Å². The van der Waals surface area contributed by atoms with Crippen LogP contribution >= 0.6 is 0 Å². The van der Waals surface area contributed by atoms with Gasteiger partial charge in [0.25, 0.3) is 0 Å². The van der Waals surface area contributed by atoms with E-state index in [2.05, 4.69) is 5.32 Å². The summed E-state index contributed by atoms with van der Waals surface area (Å²) in [5.74, 6) is 0.444. The number of hydrogen-bond donors (Lipinski definition) is 1. The van der Waals surface area contributed by atoms with Crippen molar-refractivity contribution in [2.45, 2.75) is 19.2 Å². The fourth-order valence-electron chi connectivity index (χ4n) is 2.31. The number of nitrogens with one attached hydrogen (secondary N) is 1. The highest BCUT2D eigenvalue weighted by atomic mass is 19.4. The number of hydrogen-bond acceptors (Lipinski definition) is 2. The molecule has 5 heteroatoms. The Kier molecular flexibility index (Phi) is 3.27. The number of benzene rings is 2. The number of rotatable bonds is 1. The van der Waals surface area contributed by atoms with Crippen molar-refractivity contribution in [2.75, 3.05) is 11.9 Å². The van der Waals surface area contributed by atoms with Gasteiger partial charge in [-0.1, -0.05) is 29.8 Å². The quantitative estimate of drug-likeness (QED) is 0.832. The largest absolute Gasteiger partial charge is 0.482 e. The van der Waals surface area contributed by atoms with Crippen LogP contribution in [0.1, 0.15) is 22.8 Å². The van der Waals surface area contributed by atoms with Crippen molar-refractivity contribution < 1.29 is 17.9 Å². The summed E-state index contributed by atoms with van der Waals surface area (Å²) in [5.41, 5.74) is 1.86. The highest BCUT2D eigenvalue weighted by Gasteiger charge is 2.32. The summed E-state index contributed by atoms with van der Waals surface area (Å²) in [5, 5.41) is 3.01. The van der Waals surface area contributed by atoms with E-state index in [1.165, 1.54) is 6.07 Å². The summed E-state index contributed by atoms with van der Waals surface area (Å²) in [4.78, 5) is 0. The molecule has 0 saturated heterocycles. The van der Waals surface area contributed by atoms with E-state index in [0.717, 1.165) is 23.3 Å². The molecule has 0 spiro atoms. The van der Waals surface area contributed by atoms with E-state index in [-0.39, 0.29) is 6.10 Å². The first-order valence-electron chi connectivity index (χ1n) is 6.62. The average Bonchev–Trinajstić information content (AvgIpc) is 2.46. The van der Waals surface area contributed by atoms with Crippen LogP contribution in [0.5, 0.6) is 5.75 Å². The van der Waals surface area contributed by atoms with Crippen LogP contribution in [0.15, 0.2) is 42.5 Å². The highest BCUT2D eigenvalue weighted by molar-refractivity contribution is 5.60. The Balaban J connectivity index is 1.85. The molecular weight excluding hydrogens is 279 g/mol. The van der Waals surface area contributed by atoms with Crippen LogP contribution < -0.4 is 10.1 Å². The Morgan fingerprint density at radius 1 is 1.10 bits per heavy atom. The van der Waals surface area contributed by atoms with E-state index in [1.54, 1.807) is 0 Å². The molecule has 0 saturated carbocycles. The number of ether oxygens (including phenoxy) is 1. The molecule has 1 aliphatic rings. The van der Waals surface area contributed by atoms with Gasteiger partial charge in [0.05, 0.1) is 17.8 Å². The zero-order valence-electron chi connectivity index (χ0n) is 11.4. The van der Waals surface area contributed by atoms with Crippen molar-refractivity contribution >= 4 is 5.69 Å². The summed E-state index contributed by atoms with van der Waals surface area (Å²) in [6, 6.07) is 11.4. The maximum Gasteiger partial charge on any atom is 0.416 e. The smallest absolute Gasteiger partial charge is 0.416 e. The first-order chi connectivity index (χ1) is 9.93. The number of fused-ring (bicyclic) bond motifs is 1. The Bertz CT molecular complexity index is 650. The topological polar surface area (TPSA) is 21.3 Å². The van der Waals surface area contributed by atoms with Crippen LogP contribution in [-0.4, -0.2) is 6.54 Å². The van der Waals surface area contributed by atoms with Crippen LogP contribution in [0.4, 0.5) is 18.9 Å². The standard InChI is InChI=1S/C16H14F3NO/c1-10-2-4-11(5-3-10)15-9-20-13-8-12(16(17,18)19)6-7-14(13)21-15/h2-8,15,20H,9H2,1H3. The monoisotopic (exact) mass is 293 g/mol. The van der Waals surface area contributed by atoms with Gasteiger partial charge in [-0.05, 0) is 30.7 Å². The number of halogens is 3. The molecule has 1 N–H and O–H groups in total. The van der Waals surface area contributed by atoms with Gasteiger partial charge >= 0.3 is 6.18 Å². The summed E-state index contributed by atoms with van der Waals surface area (Å²) in [6.45, 7) is 2.44. The molecule has 1 unspecified atom stereocenters. The average molecular weight is 293 g/mol. The summed E-state index contributed by atoms with van der Waals surface area (Å²) < 4.78 is 43.8. The second-order valence-electron chi connectivity index (χ2n) is 5.11. The lowest BCUT2D eigenvalue weighted by molar-refractivity contribution is -0.137. The third kappa shape index (κ3) is 2.82. The molecule has 0 fully saturated rings. The molecule has 0 aromatic heterocycles. The molecule has 2 aromatic rings. The fourth-order valence-corrected chi connectivity index (χ4v) is 2.31. The van der Waals surface area contributed by atoms with Crippen molar-refractivity contribution in [3.8, 4) is 5.75 Å². The molecule has 21 heavy (non-hydrogen) atoms. The van der Waals surface area contributed by atoms with Crippen molar-refractivity contribution in [3.63, 3.8) is 0 Å². The lowest BCUT2D eigenvalue weighted by Crippen LogP contribution is -2.24. The second kappa shape index (κ2) is 4.98. The van der Waals surface area contributed by atoms with Gasteiger partial charge in [-0.3, -0.25) is 0 Å². The van der Waals surface area contributed by atoms with Crippen LogP contribution in [0.2, 0.25) is 0 Å². The van der Waals surface area contributed by atoms with E-state index >= 15 is 0 Å². The molecule has 2 nitrogen and oxygen atoms in total. The normalized spacial score (nSPS) is 17.6. The number of anilines is 1. The van der Waals surface area contributed by atoms with Crippen molar-refractivity contribution in [3.05, 3.63) is 59.2 Å². The van der Waals surface area contributed by atoms with Crippen molar-refractivity contribution in [1.29, 1.82) is 0 Å². The predicted octanol–water partition coefficient (Wildman–Crippen LogP) is 4.56. The first-order valence-corrected chi connectivity index (χ1v) is 6.62. The van der Waals surface area contributed by atoms with E-state index < -0.39 is 11.7 Å². The van der Waals surface area contributed by atoms with Gasteiger partial charge in [-0.2, -0.15) is 13.2 Å². The minimum absolute atomic E-state index is 0.199. The molecule has 2 aromatic carbocycles. The lowest BCUT2D eigenvalue weighted by atomic mass is 10.1. The second-order valence-corrected chi connectivity index (χ2v) is 5.11. The molecule has 0 bridgehead atoms. The van der Waals surface area contributed by atoms with E-state index in [1.807, 2.05) is 31.2 Å². The van der Waals surface area contributed by atoms with Gasteiger partial charge in [0.1, 0.15) is 11.9 Å². The minimum atomic E-state index is -4.34. The molecule has 3 rings (SSSR count). The van der Waals surface area contributed by atoms with E-state index in [9.17, 15) is 13.2 Å². The summed E-state index contributed by atoms with van der Waals surface area (Å²) in [7, 11) is 0. The zero-order valence-corrected chi connectivity index (χ0v) is 11.4. The molecule has 0 amide bonds. The van der Waals surface area contributed by atoms with Gasteiger partial charge < -0.3 is 10.1 Å². The van der Waals surface area contributed by atoms with Crippen molar-refractivity contribution in [2.24, 2.45) is 0 Å². The van der Waals surface area contributed by atoms with Crippen molar-refractivity contribution in [1.82, 2.24) is 0 Å². The number of alkyl halides is 3. The molecule has 110 valence electrons. The van der Waals surface area contributed by atoms with Crippen LogP contribution in [0, 0.1) is 6.92 Å². The highest BCUT2D eigenvalue weighted by Crippen LogP contribution is 2.39. The molecule has 0 aliphatic carbocycles. The number of aryl methyl sites for hydroxylation is 1. The minimum Gasteiger partial charge on any atom is -0.482 e. The lowest BCUT2D eigenvalue weighted by Gasteiger charge is -2.28. The zero-order chi connectivity index (χ0) is 15.0. The van der Waals surface area contributed by atoms with Crippen LogP contribution in [0.3, 0.4) is 0 Å². The van der Waals surface area contributed by atoms with Crippen LogP contribution in [0.25, 0.3) is 0 Å². The molecule has 1 aliphatic heterocycles. The molecule has 1 atom stereocenters. The SMILES string of the molecule is Cc1ccc(C2CNc3cc(C(F)(F)F)ccc3O2)cc1. The van der Waals surface area contributed by atoms with Gasteiger partial charge in [0, 0.05) is 0 Å². The van der Waals surface area contributed by atoms with E-state index in [4.69, 9.17) is 4.74 Å². The summed E-state index contributed by atoms with van der Waals surface area (Å²) >= 11 is 0. The Labute approximate surface area is 120 Å².